The smallest absolute Gasteiger partial charge is 0.262 e. The van der Waals surface area contributed by atoms with E-state index >= 15 is 0 Å². The number of nitrogens with zero attached hydrogens (tertiary/aromatic N) is 3. The van der Waals surface area contributed by atoms with Crippen LogP contribution in [0.5, 0.6) is 0 Å². The number of thiophene rings is 1. The van der Waals surface area contributed by atoms with Crippen LogP contribution in [0.3, 0.4) is 0 Å². The molecule has 7 heteroatoms. The predicted octanol–water partition coefficient (Wildman–Crippen LogP) is 4.24. The van der Waals surface area contributed by atoms with Crippen LogP contribution < -0.4 is 10.9 Å². The Kier molecular flexibility index (Phi) is 5.85. The second-order valence-corrected chi connectivity index (χ2v) is 9.51. The molecule has 0 fully saturated rings. The Bertz CT molecular complexity index is 1270. The Morgan fingerprint density at radius 3 is 2.90 bits per heavy atom. The molecule has 1 unspecified atom stereocenters. The molecule has 1 atom stereocenters. The average Bonchev–Trinajstić information content (AvgIpc) is 3.15. The van der Waals surface area contributed by atoms with Crippen LogP contribution in [0.15, 0.2) is 59.9 Å². The quantitative estimate of drug-likeness (QED) is 0.477. The fourth-order valence-electron chi connectivity index (χ4n) is 4.29. The Morgan fingerprint density at radius 1 is 1.19 bits per heavy atom. The summed E-state index contributed by atoms with van der Waals surface area (Å²) in [5.74, 6) is 0. The van der Waals surface area contributed by atoms with Crippen molar-refractivity contribution in [3.8, 4) is 0 Å². The van der Waals surface area contributed by atoms with Crippen LogP contribution in [0.4, 0.5) is 0 Å². The summed E-state index contributed by atoms with van der Waals surface area (Å²) in [5, 5.41) is 5.17. The van der Waals surface area contributed by atoms with Gasteiger partial charge in [-0.15, -0.1) is 11.3 Å². The number of rotatable bonds is 6. The highest BCUT2D eigenvalue weighted by Crippen LogP contribution is 2.33. The molecule has 0 saturated heterocycles. The molecule has 0 saturated carbocycles. The summed E-state index contributed by atoms with van der Waals surface area (Å²) in [6.45, 7) is 1.42. The van der Waals surface area contributed by atoms with Crippen molar-refractivity contribution in [3.63, 3.8) is 0 Å². The first-order chi connectivity index (χ1) is 15.2. The van der Waals surface area contributed by atoms with Crippen molar-refractivity contribution in [2.45, 2.75) is 38.3 Å². The molecule has 5 rings (SSSR count). The largest absolute Gasteiger partial charge is 0.313 e. The SMILES string of the molecule is O=c1c2c3c(sc2ncn1Cc1cccc(Cl)c1)CC(NCCc1ccncc1)CC3. The topological polar surface area (TPSA) is 59.8 Å². The van der Waals surface area contributed by atoms with Gasteiger partial charge < -0.3 is 5.32 Å². The van der Waals surface area contributed by atoms with Crippen molar-refractivity contribution in [1.82, 2.24) is 19.9 Å². The molecule has 4 aromatic rings. The molecular weight excluding hydrogens is 428 g/mol. The zero-order valence-electron chi connectivity index (χ0n) is 17.1. The number of hydrogen-bond acceptors (Lipinski definition) is 5. The second-order valence-electron chi connectivity index (χ2n) is 7.99. The van der Waals surface area contributed by atoms with E-state index in [0.29, 0.717) is 17.6 Å². The van der Waals surface area contributed by atoms with Gasteiger partial charge >= 0.3 is 0 Å². The summed E-state index contributed by atoms with van der Waals surface area (Å²) in [7, 11) is 0. The Hall–Kier alpha value is -2.54. The standard InChI is InChI=1S/C24H23ClN4OS/c25-18-3-1-2-17(12-18)14-29-15-28-23-22(24(29)30)20-5-4-19(13-21(20)31-23)27-11-8-16-6-9-26-10-7-16/h1-3,6-7,9-10,12,15,19,27H,4-5,8,11,13-14H2. The van der Waals surface area contributed by atoms with Crippen molar-refractivity contribution in [2.75, 3.05) is 6.54 Å². The lowest BCUT2D eigenvalue weighted by molar-refractivity contribution is 0.466. The van der Waals surface area contributed by atoms with Gasteiger partial charge in [0.15, 0.2) is 0 Å². The number of aromatic nitrogens is 3. The van der Waals surface area contributed by atoms with Crippen LogP contribution in [0, 0.1) is 0 Å². The third-order valence-corrected chi connectivity index (χ3v) is 7.27. The first kappa shape index (κ1) is 20.4. The predicted molar refractivity (Wildman–Crippen MR) is 126 cm³/mol. The summed E-state index contributed by atoms with van der Waals surface area (Å²) in [6, 6.07) is 12.2. The van der Waals surface area contributed by atoms with Gasteiger partial charge in [-0.1, -0.05) is 23.7 Å². The van der Waals surface area contributed by atoms with Gasteiger partial charge in [0.2, 0.25) is 0 Å². The number of pyridine rings is 1. The van der Waals surface area contributed by atoms with Gasteiger partial charge in [0.05, 0.1) is 18.3 Å². The summed E-state index contributed by atoms with van der Waals surface area (Å²) in [6.07, 6.45) is 9.25. The van der Waals surface area contributed by atoms with Crippen LogP contribution in [0.25, 0.3) is 10.2 Å². The van der Waals surface area contributed by atoms with Gasteiger partial charge in [0, 0.05) is 28.3 Å². The molecule has 5 nitrogen and oxygen atoms in total. The highest BCUT2D eigenvalue weighted by molar-refractivity contribution is 7.18. The van der Waals surface area contributed by atoms with Gasteiger partial charge in [-0.05, 0) is 73.2 Å². The fourth-order valence-corrected chi connectivity index (χ4v) is 5.76. The minimum absolute atomic E-state index is 0.0478. The van der Waals surface area contributed by atoms with Crippen LogP contribution in [-0.2, 0) is 25.8 Å². The first-order valence-corrected chi connectivity index (χ1v) is 11.7. The van der Waals surface area contributed by atoms with Crippen LogP contribution in [0.2, 0.25) is 5.02 Å². The van der Waals surface area contributed by atoms with E-state index in [4.69, 9.17) is 11.6 Å². The molecule has 0 bridgehead atoms. The number of nitrogens with one attached hydrogen (secondary N) is 1. The Balaban J connectivity index is 1.32. The lowest BCUT2D eigenvalue weighted by atomic mass is 9.93. The number of fused-ring (bicyclic) bond motifs is 3. The third-order valence-electron chi connectivity index (χ3n) is 5.87. The van der Waals surface area contributed by atoms with Crippen molar-refractivity contribution >= 4 is 33.2 Å². The van der Waals surface area contributed by atoms with Gasteiger partial charge in [0.1, 0.15) is 4.83 Å². The molecular formula is C24H23ClN4OS. The molecule has 158 valence electrons. The third kappa shape index (κ3) is 4.42. The minimum atomic E-state index is 0.0478. The Labute approximate surface area is 189 Å². The molecule has 0 radical (unpaired) electrons. The highest BCUT2D eigenvalue weighted by Gasteiger charge is 2.25. The van der Waals surface area contributed by atoms with E-state index in [1.54, 1.807) is 22.2 Å². The molecule has 1 aromatic carbocycles. The molecule has 3 aromatic heterocycles. The van der Waals surface area contributed by atoms with E-state index in [1.165, 1.54) is 16.0 Å². The van der Waals surface area contributed by atoms with Crippen molar-refractivity contribution < 1.29 is 0 Å². The van der Waals surface area contributed by atoms with E-state index in [-0.39, 0.29) is 5.56 Å². The summed E-state index contributed by atoms with van der Waals surface area (Å²) in [5.41, 5.74) is 3.54. The maximum Gasteiger partial charge on any atom is 0.262 e. The summed E-state index contributed by atoms with van der Waals surface area (Å²) < 4.78 is 1.69. The van der Waals surface area contributed by atoms with Crippen LogP contribution in [0.1, 0.15) is 28.0 Å². The van der Waals surface area contributed by atoms with Gasteiger partial charge in [-0.25, -0.2) is 4.98 Å². The van der Waals surface area contributed by atoms with Crippen LogP contribution in [-0.4, -0.2) is 27.1 Å². The lowest BCUT2D eigenvalue weighted by Gasteiger charge is -2.23. The summed E-state index contributed by atoms with van der Waals surface area (Å²) >= 11 is 7.77. The second kappa shape index (κ2) is 8.91. The Morgan fingerprint density at radius 2 is 2.06 bits per heavy atom. The fraction of sp³-hybridized carbons (Fsp3) is 0.292. The first-order valence-electron chi connectivity index (χ1n) is 10.5. The molecule has 31 heavy (non-hydrogen) atoms. The van der Waals surface area contributed by atoms with E-state index < -0.39 is 0 Å². The maximum absolute atomic E-state index is 13.2. The monoisotopic (exact) mass is 450 g/mol. The molecule has 0 aliphatic heterocycles. The van der Waals surface area contributed by atoms with E-state index in [1.807, 2.05) is 36.7 Å². The minimum Gasteiger partial charge on any atom is -0.313 e. The number of halogens is 1. The number of hydrogen-bond donors (Lipinski definition) is 1. The lowest BCUT2D eigenvalue weighted by Crippen LogP contribution is -2.35. The molecule has 0 amide bonds. The van der Waals surface area contributed by atoms with Gasteiger partial charge in [-0.3, -0.25) is 14.3 Å². The van der Waals surface area contributed by atoms with E-state index in [2.05, 4.69) is 27.4 Å². The van der Waals surface area contributed by atoms with Crippen molar-refractivity contribution in [1.29, 1.82) is 0 Å². The molecule has 3 heterocycles. The zero-order valence-corrected chi connectivity index (χ0v) is 18.6. The normalized spacial score (nSPS) is 15.8. The van der Waals surface area contributed by atoms with Gasteiger partial charge in [0.25, 0.3) is 5.56 Å². The van der Waals surface area contributed by atoms with Gasteiger partial charge in [-0.2, -0.15) is 0 Å². The van der Waals surface area contributed by atoms with E-state index in [0.717, 1.165) is 48.0 Å². The highest BCUT2D eigenvalue weighted by atomic mass is 35.5. The molecule has 1 N–H and O–H groups in total. The molecule has 0 spiro atoms. The summed E-state index contributed by atoms with van der Waals surface area (Å²) in [4.78, 5) is 24.1. The molecule has 1 aliphatic carbocycles. The molecule has 1 aliphatic rings. The zero-order chi connectivity index (χ0) is 21.2. The number of benzene rings is 1. The maximum atomic E-state index is 13.2. The van der Waals surface area contributed by atoms with Crippen molar-refractivity contribution in [3.05, 3.63) is 92.1 Å². The van der Waals surface area contributed by atoms with Crippen LogP contribution >= 0.6 is 22.9 Å². The van der Waals surface area contributed by atoms with E-state index in [9.17, 15) is 4.79 Å². The average molecular weight is 451 g/mol. The van der Waals surface area contributed by atoms with Crippen molar-refractivity contribution in [2.24, 2.45) is 0 Å². The number of aryl methyl sites for hydroxylation is 1.